The van der Waals surface area contributed by atoms with Crippen LogP contribution in [0, 0.1) is 18.8 Å². The van der Waals surface area contributed by atoms with Crippen LogP contribution >= 0.6 is 0 Å². The quantitative estimate of drug-likeness (QED) is 0.807. The molecular formula is C17H19NO3. The van der Waals surface area contributed by atoms with Crippen molar-refractivity contribution >= 4 is 5.91 Å². The fourth-order valence-corrected chi connectivity index (χ4v) is 3.12. The molecule has 3 unspecified atom stereocenters. The molecule has 0 spiro atoms. The number of nitrogens with one attached hydrogen (secondary N) is 1. The maximum Gasteiger partial charge on any atom is 0.251 e. The highest BCUT2D eigenvalue weighted by molar-refractivity contribution is 5.96. The molecular weight excluding hydrogens is 266 g/mol. The number of carbonyl (C=O) groups is 1. The molecule has 0 aromatic heterocycles. The van der Waals surface area contributed by atoms with E-state index in [4.69, 9.17) is 9.84 Å². The highest BCUT2D eigenvalue weighted by Gasteiger charge is 2.41. The first-order chi connectivity index (χ1) is 10.2. The molecule has 2 fully saturated rings. The van der Waals surface area contributed by atoms with E-state index in [9.17, 15) is 4.79 Å². The van der Waals surface area contributed by atoms with Crippen molar-refractivity contribution in [1.29, 1.82) is 0 Å². The lowest BCUT2D eigenvalue weighted by Crippen LogP contribution is -2.41. The van der Waals surface area contributed by atoms with Gasteiger partial charge in [-0.15, -0.1) is 0 Å². The predicted octanol–water partition coefficient (Wildman–Crippen LogP) is 1.39. The number of carbonyl (C=O) groups excluding carboxylic acids is 1. The van der Waals surface area contributed by atoms with Crippen molar-refractivity contribution in [2.24, 2.45) is 0 Å². The van der Waals surface area contributed by atoms with E-state index < -0.39 is 0 Å². The monoisotopic (exact) mass is 285 g/mol. The molecule has 4 heteroatoms. The van der Waals surface area contributed by atoms with Gasteiger partial charge in [-0.05, 0) is 43.9 Å². The molecule has 1 aromatic carbocycles. The lowest BCUT2D eigenvalue weighted by molar-refractivity contribution is 0.0840. The number of ether oxygens (including phenoxy) is 1. The summed E-state index contributed by atoms with van der Waals surface area (Å²) in [5.41, 5.74) is 2.30. The van der Waals surface area contributed by atoms with Crippen LogP contribution in [0.4, 0.5) is 0 Å². The van der Waals surface area contributed by atoms with Crippen LogP contribution in [0.2, 0.25) is 0 Å². The van der Waals surface area contributed by atoms with Crippen LogP contribution in [0.25, 0.3) is 0 Å². The largest absolute Gasteiger partial charge is 0.384 e. The number of benzene rings is 1. The minimum Gasteiger partial charge on any atom is -0.384 e. The first-order valence-corrected chi connectivity index (χ1v) is 7.34. The Morgan fingerprint density at radius 3 is 3.00 bits per heavy atom. The van der Waals surface area contributed by atoms with Gasteiger partial charge in [0.1, 0.15) is 6.61 Å². The van der Waals surface area contributed by atoms with Gasteiger partial charge in [0, 0.05) is 11.1 Å². The number of aliphatic hydroxyl groups excluding tert-OH is 1. The van der Waals surface area contributed by atoms with Crippen molar-refractivity contribution in [1.82, 2.24) is 5.32 Å². The lowest BCUT2D eigenvalue weighted by Gasteiger charge is -2.20. The molecule has 2 aliphatic rings. The number of amides is 1. The maximum atomic E-state index is 12.5. The molecule has 21 heavy (non-hydrogen) atoms. The van der Waals surface area contributed by atoms with E-state index in [1.807, 2.05) is 19.1 Å². The molecule has 2 saturated heterocycles. The Kier molecular flexibility index (Phi) is 3.96. The van der Waals surface area contributed by atoms with Gasteiger partial charge in [0.05, 0.1) is 18.2 Å². The Hall–Kier alpha value is -1.83. The second-order valence-corrected chi connectivity index (χ2v) is 5.68. The summed E-state index contributed by atoms with van der Waals surface area (Å²) in [4.78, 5) is 12.5. The Morgan fingerprint density at radius 1 is 1.48 bits per heavy atom. The predicted molar refractivity (Wildman–Crippen MR) is 78.9 cm³/mol. The summed E-state index contributed by atoms with van der Waals surface area (Å²) in [5, 5.41) is 11.8. The molecule has 0 radical (unpaired) electrons. The minimum absolute atomic E-state index is 0.0682. The highest BCUT2D eigenvalue weighted by Crippen LogP contribution is 2.34. The topological polar surface area (TPSA) is 58.6 Å². The summed E-state index contributed by atoms with van der Waals surface area (Å²) in [7, 11) is 0. The van der Waals surface area contributed by atoms with Gasteiger partial charge in [0.15, 0.2) is 0 Å². The van der Waals surface area contributed by atoms with E-state index in [1.54, 1.807) is 6.07 Å². The number of rotatable bonds is 2. The van der Waals surface area contributed by atoms with E-state index in [-0.39, 0.29) is 24.7 Å². The van der Waals surface area contributed by atoms with Crippen LogP contribution in [0.5, 0.6) is 0 Å². The van der Waals surface area contributed by atoms with Crippen LogP contribution in [-0.4, -0.2) is 35.9 Å². The molecule has 110 valence electrons. The maximum absolute atomic E-state index is 12.5. The summed E-state index contributed by atoms with van der Waals surface area (Å²) in [6, 6.07) is 5.65. The number of aryl methyl sites for hydroxylation is 1. The van der Waals surface area contributed by atoms with Gasteiger partial charge in [0.2, 0.25) is 0 Å². The van der Waals surface area contributed by atoms with Crippen molar-refractivity contribution in [3.8, 4) is 11.8 Å². The SMILES string of the molecule is Cc1ccc(C#CCO)cc1C(=O)NC1CC2CCC1O2. The molecule has 0 aliphatic carbocycles. The van der Waals surface area contributed by atoms with Gasteiger partial charge >= 0.3 is 0 Å². The second-order valence-electron chi connectivity index (χ2n) is 5.68. The van der Waals surface area contributed by atoms with E-state index >= 15 is 0 Å². The summed E-state index contributed by atoms with van der Waals surface area (Å²) in [6.07, 6.45) is 3.57. The molecule has 3 atom stereocenters. The normalized spacial score (nSPS) is 26.3. The van der Waals surface area contributed by atoms with E-state index in [0.29, 0.717) is 11.7 Å². The zero-order valence-electron chi connectivity index (χ0n) is 12.1. The van der Waals surface area contributed by atoms with Gasteiger partial charge in [-0.25, -0.2) is 0 Å². The second kappa shape index (κ2) is 5.88. The van der Waals surface area contributed by atoms with E-state index in [1.165, 1.54) is 0 Å². The van der Waals surface area contributed by atoms with Crippen LogP contribution in [0.1, 0.15) is 40.7 Å². The van der Waals surface area contributed by atoms with Crippen molar-refractivity contribution in [2.45, 2.75) is 44.4 Å². The number of hydrogen-bond donors (Lipinski definition) is 2. The summed E-state index contributed by atoms with van der Waals surface area (Å²) in [5.74, 6) is 5.36. The van der Waals surface area contributed by atoms with Gasteiger partial charge in [-0.2, -0.15) is 0 Å². The standard InChI is InChI=1S/C17H19NO3/c1-11-4-5-12(3-2-8-19)9-14(11)17(20)18-15-10-13-6-7-16(15)21-13/h4-5,9,13,15-16,19H,6-8,10H2,1H3,(H,18,20). The fourth-order valence-electron chi connectivity index (χ4n) is 3.12. The lowest BCUT2D eigenvalue weighted by atomic mass is 9.95. The summed E-state index contributed by atoms with van der Waals surface area (Å²) < 4.78 is 5.76. The minimum atomic E-state index is -0.183. The summed E-state index contributed by atoms with van der Waals surface area (Å²) in [6.45, 7) is 1.73. The third-order valence-electron chi connectivity index (χ3n) is 4.22. The molecule has 2 bridgehead atoms. The smallest absolute Gasteiger partial charge is 0.251 e. The molecule has 1 amide bonds. The Labute approximate surface area is 124 Å². The molecule has 2 heterocycles. The van der Waals surface area contributed by atoms with Crippen molar-refractivity contribution < 1.29 is 14.6 Å². The number of aliphatic hydroxyl groups is 1. The summed E-state index contributed by atoms with van der Waals surface area (Å²) >= 11 is 0. The number of hydrogen-bond acceptors (Lipinski definition) is 3. The molecule has 2 aliphatic heterocycles. The molecule has 4 nitrogen and oxygen atoms in total. The first-order valence-electron chi connectivity index (χ1n) is 7.34. The van der Waals surface area contributed by atoms with Gasteiger partial charge < -0.3 is 15.2 Å². The van der Waals surface area contributed by atoms with Crippen LogP contribution < -0.4 is 5.32 Å². The number of fused-ring (bicyclic) bond motifs is 2. The first kappa shape index (κ1) is 14.1. The van der Waals surface area contributed by atoms with Crippen LogP contribution in [0.15, 0.2) is 18.2 Å². The van der Waals surface area contributed by atoms with Crippen LogP contribution in [0.3, 0.4) is 0 Å². The molecule has 1 aromatic rings. The zero-order valence-corrected chi connectivity index (χ0v) is 12.1. The Morgan fingerprint density at radius 2 is 2.33 bits per heavy atom. The van der Waals surface area contributed by atoms with Gasteiger partial charge in [-0.3, -0.25) is 4.79 Å². The average molecular weight is 285 g/mol. The highest BCUT2D eigenvalue weighted by atomic mass is 16.5. The van der Waals surface area contributed by atoms with Crippen LogP contribution in [-0.2, 0) is 4.74 Å². The molecule has 3 rings (SSSR count). The van der Waals surface area contributed by atoms with Crippen molar-refractivity contribution in [3.05, 3.63) is 34.9 Å². The zero-order chi connectivity index (χ0) is 14.8. The average Bonchev–Trinajstić information content (AvgIpc) is 3.09. The van der Waals surface area contributed by atoms with E-state index in [0.717, 1.165) is 30.4 Å². The Bertz CT molecular complexity index is 614. The fraction of sp³-hybridized carbons (Fsp3) is 0.471. The van der Waals surface area contributed by atoms with E-state index in [2.05, 4.69) is 17.2 Å². The molecule has 2 N–H and O–H groups in total. The Balaban J connectivity index is 1.74. The third-order valence-corrected chi connectivity index (χ3v) is 4.22. The molecule has 0 saturated carbocycles. The van der Waals surface area contributed by atoms with Gasteiger partial charge in [0.25, 0.3) is 5.91 Å². The van der Waals surface area contributed by atoms with Crippen molar-refractivity contribution in [3.63, 3.8) is 0 Å². The van der Waals surface area contributed by atoms with Crippen molar-refractivity contribution in [2.75, 3.05) is 6.61 Å². The van der Waals surface area contributed by atoms with Gasteiger partial charge in [-0.1, -0.05) is 17.9 Å². The third kappa shape index (κ3) is 2.94.